The third kappa shape index (κ3) is 7.10. The Labute approximate surface area is 195 Å². The molecule has 3 rings (SSSR count). The molecule has 1 saturated heterocycles. The molecule has 2 aromatic carbocycles. The molecule has 0 radical (unpaired) electrons. The molecule has 0 unspecified atom stereocenters. The summed E-state index contributed by atoms with van der Waals surface area (Å²) in [4.78, 5) is 17.2. The highest BCUT2D eigenvalue weighted by Crippen LogP contribution is 2.22. The molecular weight excluding hydrogens is 429 g/mol. The number of rotatable bonds is 8. The van der Waals surface area contributed by atoms with Crippen molar-refractivity contribution in [3.8, 4) is 5.75 Å². The highest BCUT2D eigenvalue weighted by molar-refractivity contribution is 6.30. The average Bonchev–Trinajstić information content (AvgIpc) is 2.77. The van der Waals surface area contributed by atoms with Crippen LogP contribution < -0.4 is 10.1 Å². The van der Waals surface area contributed by atoms with Gasteiger partial charge in [-0.25, -0.2) is 9.18 Å². The van der Waals surface area contributed by atoms with Gasteiger partial charge in [-0.15, -0.1) is 0 Å². The molecule has 1 heterocycles. The highest BCUT2D eigenvalue weighted by Gasteiger charge is 2.27. The monoisotopic (exact) mass is 461 g/mol. The summed E-state index contributed by atoms with van der Waals surface area (Å²) in [6.45, 7) is 7.32. The Bertz CT molecular complexity index is 883. The lowest BCUT2D eigenvalue weighted by Gasteiger charge is -2.37. The second-order valence-corrected chi connectivity index (χ2v) is 9.34. The maximum atomic E-state index is 14.4. The molecule has 5 nitrogen and oxygen atoms in total. The van der Waals surface area contributed by atoms with Gasteiger partial charge in [0.05, 0.1) is 13.2 Å². The van der Waals surface area contributed by atoms with Crippen LogP contribution in [-0.4, -0.2) is 48.6 Å². The van der Waals surface area contributed by atoms with Crippen molar-refractivity contribution >= 4 is 17.6 Å². The Kier molecular flexibility index (Phi) is 8.76. The zero-order valence-corrected chi connectivity index (χ0v) is 19.9. The van der Waals surface area contributed by atoms with Gasteiger partial charge >= 0.3 is 6.03 Å². The van der Waals surface area contributed by atoms with Crippen molar-refractivity contribution in [2.24, 2.45) is 5.92 Å². The van der Waals surface area contributed by atoms with E-state index in [9.17, 15) is 9.18 Å². The van der Waals surface area contributed by atoms with Gasteiger partial charge in [-0.3, -0.25) is 0 Å². The zero-order valence-electron chi connectivity index (χ0n) is 19.1. The van der Waals surface area contributed by atoms with Crippen molar-refractivity contribution in [2.75, 3.05) is 26.7 Å². The Morgan fingerprint density at radius 2 is 1.91 bits per heavy atom. The lowest BCUT2D eigenvalue weighted by atomic mass is 10.0. The van der Waals surface area contributed by atoms with Gasteiger partial charge in [-0.1, -0.05) is 43.6 Å². The number of likely N-dealkylation sites (tertiary alicyclic amines) is 1. The van der Waals surface area contributed by atoms with Crippen molar-refractivity contribution in [1.82, 2.24) is 15.1 Å². The van der Waals surface area contributed by atoms with Crippen molar-refractivity contribution < 1.29 is 13.9 Å². The van der Waals surface area contributed by atoms with Crippen LogP contribution in [0.1, 0.15) is 37.8 Å². The van der Waals surface area contributed by atoms with E-state index < -0.39 is 0 Å². The van der Waals surface area contributed by atoms with Crippen LogP contribution in [0.3, 0.4) is 0 Å². The van der Waals surface area contributed by atoms with E-state index in [1.54, 1.807) is 17.0 Å². The summed E-state index contributed by atoms with van der Waals surface area (Å²) in [5.41, 5.74) is 1.45. The third-order valence-corrected chi connectivity index (χ3v) is 5.93. The highest BCUT2D eigenvalue weighted by atomic mass is 35.5. The van der Waals surface area contributed by atoms with Gasteiger partial charge in [-0.2, -0.15) is 0 Å². The number of piperidine rings is 1. The van der Waals surface area contributed by atoms with Gasteiger partial charge < -0.3 is 19.9 Å². The van der Waals surface area contributed by atoms with Crippen LogP contribution in [0.2, 0.25) is 5.02 Å². The van der Waals surface area contributed by atoms with E-state index in [0.717, 1.165) is 37.2 Å². The molecule has 0 saturated carbocycles. The van der Waals surface area contributed by atoms with Crippen LogP contribution in [0, 0.1) is 11.7 Å². The van der Waals surface area contributed by atoms with Crippen LogP contribution in [0.4, 0.5) is 9.18 Å². The first-order valence-corrected chi connectivity index (χ1v) is 11.6. The molecule has 2 aromatic rings. The second kappa shape index (κ2) is 11.5. The normalized spacial score (nSPS) is 15.1. The number of nitrogens with zero attached hydrogens (tertiary/aromatic N) is 2. The van der Waals surface area contributed by atoms with Gasteiger partial charge in [0, 0.05) is 23.2 Å². The number of hydrogen-bond acceptors (Lipinski definition) is 3. The fraction of sp³-hybridized carbons (Fsp3) is 0.480. The molecule has 1 N–H and O–H groups in total. The first kappa shape index (κ1) is 24.3. The summed E-state index contributed by atoms with van der Waals surface area (Å²) in [6, 6.07) is 12.2. The van der Waals surface area contributed by atoms with E-state index in [-0.39, 0.29) is 24.4 Å². The van der Waals surface area contributed by atoms with Crippen molar-refractivity contribution in [3.05, 3.63) is 64.4 Å². The molecule has 0 aromatic heterocycles. The van der Waals surface area contributed by atoms with E-state index in [1.807, 2.05) is 24.3 Å². The van der Waals surface area contributed by atoms with Gasteiger partial charge in [-0.05, 0) is 68.7 Å². The summed E-state index contributed by atoms with van der Waals surface area (Å²) in [5, 5.41) is 3.36. The van der Waals surface area contributed by atoms with E-state index >= 15 is 0 Å². The van der Waals surface area contributed by atoms with Crippen LogP contribution in [0.5, 0.6) is 5.75 Å². The second-order valence-electron chi connectivity index (χ2n) is 8.91. The number of benzene rings is 2. The number of ether oxygens (including phenoxy) is 1. The lowest BCUT2D eigenvalue weighted by Crippen LogP contribution is -2.49. The summed E-state index contributed by atoms with van der Waals surface area (Å²) in [5.74, 6) is 0.894. The maximum absolute atomic E-state index is 14.4. The summed E-state index contributed by atoms with van der Waals surface area (Å²) in [6.07, 6.45) is 1.72. The Morgan fingerprint density at radius 1 is 1.22 bits per heavy atom. The molecule has 32 heavy (non-hydrogen) atoms. The van der Waals surface area contributed by atoms with Gasteiger partial charge in [0.2, 0.25) is 0 Å². The van der Waals surface area contributed by atoms with Crippen LogP contribution in [0.15, 0.2) is 42.5 Å². The molecule has 1 fully saturated rings. The van der Waals surface area contributed by atoms with Crippen LogP contribution in [-0.2, 0) is 13.1 Å². The Morgan fingerprint density at radius 3 is 2.53 bits per heavy atom. The van der Waals surface area contributed by atoms with E-state index in [2.05, 4.69) is 31.1 Å². The smallest absolute Gasteiger partial charge is 0.318 e. The van der Waals surface area contributed by atoms with Crippen molar-refractivity contribution in [2.45, 2.75) is 45.8 Å². The summed E-state index contributed by atoms with van der Waals surface area (Å²) >= 11 is 5.90. The number of hydrogen-bond donors (Lipinski definition) is 1. The molecule has 0 atom stereocenters. The summed E-state index contributed by atoms with van der Waals surface area (Å²) < 4.78 is 20.2. The molecule has 0 aliphatic carbocycles. The number of nitrogens with one attached hydrogen (secondary N) is 1. The zero-order chi connectivity index (χ0) is 23.1. The molecule has 2 amide bonds. The molecule has 1 aliphatic rings. The van der Waals surface area contributed by atoms with Gasteiger partial charge in [0.1, 0.15) is 11.6 Å². The SMILES string of the molecule is CC(C)COc1ccc(CNC(=O)N(Cc2ccc(Cl)cc2F)C2CCN(C)CC2)cc1. The Hall–Kier alpha value is -2.31. The standard InChI is InChI=1S/C25H33ClFN3O2/c1-18(2)17-32-23-8-4-19(5-9-23)15-28-25(31)30(22-10-12-29(3)13-11-22)16-20-6-7-21(26)14-24(20)27/h4-9,14,18,22H,10-13,15-17H2,1-3H3,(H,28,31). The molecule has 174 valence electrons. The van der Waals surface area contributed by atoms with Crippen molar-refractivity contribution in [1.29, 1.82) is 0 Å². The number of halogens is 2. The minimum Gasteiger partial charge on any atom is -0.493 e. The molecule has 0 spiro atoms. The van der Waals surface area contributed by atoms with Crippen molar-refractivity contribution in [3.63, 3.8) is 0 Å². The minimum absolute atomic E-state index is 0.0630. The Balaban J connectivity index is 1.65. The molecular formula is C25H33ClFN3O2. The fourth-order valence-electron chi connectivity index (χ4n) is 3.75. The molecule has 7 heteroatoms. The van der Waals surface area contributed by atoms with E-state index in [4.69, 9.17) is 16.3 Å². The van der Waals surface area contributed by atoms with Crippen LogP contribution >= 0.6 is 11.6 Å². The summed E-state index contributed by atoms with van der Waals surface area (Å²) in [7, 11) is 2.08. The third-order valence-electron chi connectivity index (χ3n) is 5.70. The topological polar surface area (TPSA) is 44.8 Å². The first-order valence-electron chi connectivity index (χ1n) is 11.2. The fourth-order valence-corrected chi connectivity index (χ4v) is 3.91. The minimum atomic E-state index is -0.389. The maximum Gasteiger partial charge on any atom is 0.318 e. The largest absolute Gasteiger partial charge is 0.493 e. The van der Waals surface area contributed by atoms with Crippen LogP contribution in [0.25, 0.3) is 0 Å². The number of carbonyl (C=O) groups is 1. The number of amides is 2. The molecule has 0 bridgehead atoms. The lowest BCUT2D eigenvalue weighted by molar-refractivity contribution is 0.126. The quantitative estimate of drug-likeness (QED) is 0.578. The van der Waals surface area contributed by atoms with Gasteiger partial charge in [0.15, 0.2) is 0 Å². The number of urea groups is 1. The average molecular weight is 462 g/mol. The van der Waals surface area contributed by atoms with E-state index in [0.29, 0.717) is 29.7 Å². The van der Waals surface area contributed by atoms with E-state index in [1.165, 1.54) is 6.07 Å². The van der Waals surface area contributed by atoms with Gasteiger partial charge in [0.25, 0.3) is 0 Å². The number of carbonyl (C=O) groups excluding carboxylic acids is 1. The first-order chi connectivity index (χ1) is 15.3. The predicted octanol–water partition coefficient (Wildman–Crippen LogP) is 5.32. The molecule has 1 aliphatic heterocycles. The predicted molar refractivity (Wildman–Crippen MR) is 126 cm³/mol.